The van der Waals surface area contributed by atoms with E-state index in [4.69, 9.17) is 10.8 Å². The van der Waals surface area contributed by atoms with Crippen LogP contribution >= 0.6 is 0 Å². The molecule has 0 bridgehead atoms. The van der Waals surface area contributed by atoms with Crippen LogP contribution in [0.3, 0.4) is 0 Å². The molecule has 0 aromatic rings. The Bertz CT molecular complexity index is 75.1. The minimum Gasteiger partial charge on any atom is -0.395 e. The topological polar surface area (TPSA) is 46.2 Å². The summed E-state index contributed by atoms with van der Waals surface area (Å²) in [4.78, 5) is 0. The van der Waals surface area contributed by atoms with Crippen molar-refractivity contribution in [3.05, 3.63) is 0 Å². The van der Waals surface area contributed by atoms with Gasteiger partial charge in [0.2, 0.25) is 0 Å². The molecule has 0 saturated carbocycles. The summed E-state index contributed by atoms with van der Waals surface area (Å²) >= 11 is 0. The Kier molecular flexibility index (Phi) is 18.1. The first-order chi connectivity index (χ1) is 6.76. The zero-order valence-electron chi connectivity index (χ0n) is 10.3. The quantitative estimate of drug-likeness (QED) is 0.622. The molecule has 0 aliphatic heterocycles. The molecule has 0 unspecified atom stereocenters. The van der Waals surface area contributed by atoms with Crippen LogP contribution in [0.4, 0.5) is 0 Å². The van der Waals surface area contributed by atoms with Gasteiger partial charge < -0.3 is 10.8 Å². The van der Waals surface area contributed by atoms with Gasteiger partial charge in [0.05, 0.1) is 6.61 Å². The molecule has 0 saturated heterocycles. The smallest absolute Gasteiger partial charge is 0.139 e. The first kappa shape index (κ1) is 16.4. The zero-order valence-corrected chi connectivity index (χ0v) is 10.3. The zero-order chi connectivity index (χ0) is 11.2. The van der Waals surface area contributed by atoms with Crippen LogP contribution in [0.25, 0.3) is 0 Å². The van der Waals surface area contributed by atoms with E-state index in [0.29, 0.717) is 6.54 Å². The highest BCUT2D eigenvalue weighted by molar-refractivity contribution is 6.58. The van der Waals surface area contributed by atoms with E-state index in [2.05, 4.69) is 20.8 Å². The van der Waals surface area contributed by atoms with Gasteiger partial charge in [0.15, 0.2) is 0 Å². The summed E-state index contributed by atoms with van der Waals surface area (Å²) in [6, 6.07) is 0. The summed E-state index contributed by atoms with van der Waals surface area (Å²) in [5, 5.41) is 7.75. The SMILES string of the molecule is CCCB(CCC)CCC.NCCO. The fraction of sp³-hybridized carbons (Fsp3) is 1.00. The van der Waals surface area contributed by atoms with Crippen molar-refractivity contribution in [3.8, 4) is 0 Å². The fourth-order valence-corrected chi connectivity index (χ4v) is 1.66. The number of aliphatic hydroxyl groups is 1. The van der Waals surface area contributed by atoms with E-state index < -0.39 is 0 Å². The van der Waals surface area contributed by atoms with Crippen molar-refractivity contribution >= 4 is 6.71 Å². The molecule has 3 N–H and O–H groups in total. The number of nitrogens with two attached hydrogens (primary N) is 1. The molecule has 0 aromatic heterocycles. The van der Waals surface area contributed by atoms with Crippen molar-refractivity contribution in [2.75, 3.05) is 13.2 Å². The average Bonchev–Trinajstić information content (AvgIpc) is 2.20. The van der Waals surface area contributed by atoms with Crippen molar-refractivity contribution in [1.29, 1.82) is 0 Å². The van der Waals surface area contributed by atoms with Crippen LogP contribution in [0.2, 0.25) is 19.0 Å². The van der Waals surface area contributed by atoms with E-state index in [1.54, 1.807) is 0 Å². The van der Waals surface area contributed by atoms with E-state index in [1.807, 2.05) is 0 Å². The van der Waals surface area contributed by atoms with Gasteiger partial charge in [-0.3, -0.25) is 0 Å². The lowest BCUT2D eigenvalue weighted by Gasteiger charge is -2.08. The summed E-state index contributed by atoms with van der Waals surface area (Å²) < 4.78 is 0. The summed E-state index contributed by atoms with van der Waals surface area (Å²) in [6.45, 7) is 8.37. The Hall–Kier alpha value is -0.0151. The van der Waals surface area contributed by atoms with Gasteiger partial charge in [-0.15, -0.1) is 0 Å². The molecule has 0 aliphatic carbocycles. The van der Waals surface area contributed by atoms with E-state index in [-0.39, 0.29) is 6.61 Å². The maximum atomic E-state index is 7.75. The molecule has 3 heteroatoms. The summed E-state index contributed by atoms with van der Waals surface area (Å²) in [5.41, 5.74) is 4.78. The second-order valence-electron chi connectivity index (χ2n) is 3.74. The van der Waals surface area contributed by atoms with Gasteiger partial charge in [-0.2, -0.15) is 0 Å². The van der Waals surface area contributed by atoms with Crippen LogP contribution in [0, 0.1) is 0 Å². The van der Waals surface area contributed by atoms with Crippen molar-refractivity contribution in [2.24, 2.45) is 5.73 Å². The Morgan fingerprint density at radius 3 is 1.36 bits per heavy atom. The first-order valence-electron chi connectivity index (χ1n) is 6.07. The van der Waals surface area contributed by atoms with E-state index >= 15 is 0 Å². The second kappa shape index (κ2) is 15.5. The molecule has 2 nitrogen and oxygen atoms in total. The molecule has 0 fully saturated rings. The lowest BCUT2D eigenvalue weighted by atomic mass is 9.41. The van der Waals surface area contributed by atoms with Gasteiger partial charge in [-0.1, -0.05) is 59.0 Å². The molecule has 0 amide bonds. The lowest BCUT2D eigenvalue weighted by molar-refractivity contribution is 0.306. The predicted molar refractivity (Wildman–Crippen MR) is 67.2 cm³/mol. The third-order valence-electron chi connectivity index (χ3n) is 2.22. The van der Waals surface area contributed by atoms with Crippen molar-refractivity contribution in [3.63, 3.8) is 0 Å². The third-order valence-corrected chi connectivity index (χ3v) is 2.22. The summed E-state index contributed by atoms with van der Waals surface area (Å²) in [7, 11) is 0. The van der Waals surface area contributed by atoms with E-state index in [9.17, 15) is 0 Å². The van der Waals surface area contributed by atoms with Crippen LogP contribution in [0.1, 0.15) is 40.0 Å². The Morgan fingerprint density at radius 1 is 0.929 bits per heavy atom. The van der Waals surface area contributed by atoms with E-state index in [1.165, 1.54) is 38.2 Å². The average molecular weight is 201 g/mol. The molecule has 0 heterocycles. The molecular weight excluding hydrogens is 173 g/mol. The molecular formula is C11H28BNO. The minimum absolute atomic E-state index is 0.0972. The van der Waals surface area contributed by atoms with Gasteiger partial charge in [0, 0.05) is 6.54 Å². The van der Waals surface area contributed by atoms with E-state index in [0.717, 1.165) is 6.71 Å². The van der Waals surface area contributed by atoms with Crippen molar-refractivity contribution in [1.82, 2.24) is 0 Å². The Morgan fingerprint density at radius 2 is 1.21 bits per heavy atom. The van der Waals surface area contributed by atoms with Crippen LogP contribution in [-0.4, -0.2) is 25.0 Å². The predicted octanol–water partition coefficient (Wildman–Crippen LogP) is 2.65. The molecule has 0 atom stereocenters. The fourth-order valence-electron chi connectivity index (χ4n) is 1.66. The molecule has 0 radical (unpaired) electrons. The number of rotatable bonds is 7. The van der Waals surface area contributed by atoms with Gasteiger partial charge in [-0.05, 0) is 0 Å². The highest BCUT2D eigenvalue weighted by atomic mass is 16.3. The van der Waals surface area contributed by atoms with Crippen molar-refractivity contribution in [2.45, 2.75) is 59.0 Å². The monoisotopic (exact) mass is 201 g/mol. The number of hydrogen-bond acceptors (Lipinski definition) is 2. The summed E-state index contributed by atoms with van der Waals surface area (Å²) in [6.07, 6.45) is 8.44. The van der Waals surface area contributed by atoms with Gasteiger partial charge in [0.25, 0.3) is 0 Å². The van der Waals surface area contributed by atoms with Crippen LogP contribution in [0.15, 0.2) is 0 Å². The van der Waals surface area contributed by atoms with Gasteiger partial charge in [-0.25, -0.2) is 0 Å². The second-order valence-corrected chi connectivity index (χ2v) is 3.74. The molecule has 14 heavy (non-hydrogen) atoms. The molecule has 0 spiro atoms. The maximum Gasteiger partial charge on any atom is 0.139 e. The Labute approximate surface area is 90.4 Å². The molecule has 0 aromatic carbocycles. The normalized spacial score (nSPS) is 9.21. The van der Waals surface area contributed by atoms with Crippen LogP contribution < -0.4 is 5.73 Å². The number of hydrogen-bond donors (Lipinski definition) is 2. The van der Waals surface area contributed by atoms with Crippen LogP contribution in [0.5, 0.6) is 0 Å². The summed E-state index contributed by atoms with van der Waals surface area (Å²) in [5.74, 6) is 0. The lowest BCUT2D eigenvalue weighted by Crippen LogP contribution is -2.09. The molecule has 86 valence electrons. The maximum absolute atomic E-state index is 7.75. The first-order valence-corrected chi connectivity index (χ1v) is 6.07. The largest absolute Gasteiger partial charge is 0.395 e. The van der Waals surface area contributed by atoms with Gasteiger partial charge in [0.1, 0.15) is 6.71 Å². The third kappa shape index (κ3) is 14.5. The van der Waals surface area contributed by atoms with Crippen molar-refractivity contribution < 1.29 is 5.11 Å². The molecule has 0 aliphatic rings. The molecule has 0 rings (SSSR count). The standard InChI is InChI=1S/C9H21B.C2H7NO/c1-4-7-10(8-5-2)9-6-3;3-1-2-4/h4-9H2,1-3H3;4H,1-3H2. The number of aliphatic hydroxyl groups excluding tert-OH is 1. The van der Waals surface area contributed by atoms with Crippen LogP contribution in [-0.2, 0) is 0 Å². The highest BCUT2D eigenvalue weighted by Gasteiger charge is 2.08. The highest BCUT2D eigenvalue weighted by Crippen LogP contribution is 2.11. The Balaban J connectivity index is 0. The van der Waals surface area contributed by atoms with Gasteiger partial charge >= 0.3 is 0 Å². The minimum atomic E-state index is 0.0972.